The van der Waals surface area contributed by atoms with Gasteiger partial charge < -0.3 is 0 Å². The van der Waals surface area contributed by atoms with E-state index in [0.29, 0.717) is 0 Å². The third-order valence-corrected chi connectivity index (χ3v) is 9.63. The highest BCUT2D eigenvalue weighted by Gasteiger charge is 2.42. The fraction of sp³-hybridized carbons (Fsp3) is 0.692. The van der Waals surface area contributed by atoms with Crippen molar-refractivity contribution < 1.29 is 0 Å². The molecule has 228 valence electrons. The topological polar surface area (TPSA) is 24.7 Å². The zero-order valence-corrected chi connectivity index (χ0v) is 27.4. The molecule has 2 nitrogen and oxygen atoms in total. The van der Waals surface area contributed by atoms with Crippen molar-refractivity contribution in [2.75, 3.05) is 7.05 Å². The Morgan fingerprint density at radius 3 is 1.39 bits per heavy atom. The zero-order valence-electron chi connectivity index (χ0n) is 27.4. The van der Waals surface area contributed by atoms with Crippen LogP contribution in [0.4, 0.5) is 5.69 Å². The Hall–Kier alpha value is -1.96. The van der Waals surface area contributed by atoms with Crippen molar-refractivity contribution in [3.8, 4) is 11.1 Å². The normalized spacial score (nSPS) is 13.7. The first-order chi connectivity index (χ1) is 20.2. The molecule has 0 aromatic heterocycles. The second-order valence-electron chi connectivity index (χ2n) is 13.0. The second-order valence-corrected chi connectivity index (χ2v) is 13.0. The largest absolute Gasteiger partial charge is 0.192 e. The van der Waals surface area contributed by atoms with Crippen LogP contribution in [0.3, 0.4) is 0 Å². The predicted octanol–water partition coefficient (Wildman–Crippen LogP) is 13.6. The van der Waals surface area contributed by atoms with Crippen LogP contribution in [-0.4, -0.2) is 7.05 Å². The second kappa shape index (κ2) is 19.3. The summed E-state index contributed by atoms with van der Waals surface area (Å²) >= 11 is 0. The average Bonchev–Trinajstić information content (AvgIpc) is 3.23. The molecule has 2 aromatic rings. The molecule has 3 rings (SSSR count). The minimum absolute atomic E-state index is 0.121. The number of azo groups is 1. The van der Waals surface area contributed by atoms with Crippen LogP contribution in [0.15, 0.2) is 46.6 Å². The molecule has 1 aliphatic rings. The van der Waals surface area contributed by atoms with Crippen molar-refractivity contribution >= 4 is 5.69 Å². The highest BCUT2D eigenvalue weighted by atomic mass is 15.1. The quantitative estimate of drug-likeness (QED) is 0.0957. The summed E-state index contributed by atoms with van der Waals surface area (Å²) in [6, 6.07) is 14.1. The molecule has 0 fully saturated rings. The third kappa shape index (κ3) is 10.4. The van der Waals surface area contributed by atoms with Crippen LogP contribution < -0.4 is 0 Å². The predicted molar refractivity (Wildman–Crippen MR) is 181 cm³/mol. The number of nitrogens with zero attached hydrogens (tertiary/aromatic N) is 2. The molecule has 2 heteroatoms. The summed E-state index contributed by atoms with van der Waals surface area (Å²) in [5.41, 5.74) is 8.53. The lowest BCUT2D eigenvalue weighted by Crippen LogP contribution is -2.25. The molecule has 0 radical (unpaired) electrons. The Balaban J connectivity index is 1.65. The standard InChI is InChI=1S/C39H62N2/c1-5-7-9-11-13-15-17-19-21-23-29-39(30-24-22-20-18-16-14-12-10-8-6-2)37-31-33(3)25-27-35(37)36-28-26-34(41-40-4)32-38(36)39/h25-28,31-32H,5-24,29-30H2,1-4H3/b41-40+. The Kier molecular flexibility index (Phi) is 15.8. The van der Waals surface area contributed by atoms with Gasteiger partial charge in [-0.3, -0.25) is 0 Å². The SMILES string of the molecule is CCCCCCCCCCCCC1(CCCCCCCCCCCC)c2cc(C)ccc2-c2ccc(/N=N/C)cc21. The molecule has 0 atom stereocenters. The summed E-state index contributed by atoms with van der Waals surface area (Å²) in [6.45, 7) is 6.88. The van der Waals surface area contributed by atoms with Gasteiger partial charge in [0.05, 0.1) is 5.69 Å². The van der Waals surface area contributed by atoms with Crippen molar-refractivity contribution in [3.05, 3.63) is 53.1 Å². The van der Waals surface area contributed by atoms with E-state index in [4.69, 9.17) is 0 Å². The maximum Gasteiger partial charge on any atom is 0.0855 e. The minimum atomic E-state index is 0.121. The fourth-order valence-corrected chi connectivity index (χ4v) is 7.27. The third-order valence-electron chi connectivity index (χ3n) is 9.63. The number of unbranched alkanes of at least 4 members (excludes halogenated alkanes) is 18. The summed E-state index contributed by atoms with van der Waals surface area (Å²) in [7, 11) is 1.78. The summed E-state index contributed by atoms with van der Waals surface area (Å²) in [4.78, 5) is 0. The lowest BCUT2D eigenvalue weighted by atomic mass is 9.70. The maximum atomic E-state index is 4.47. The molecular weight excluding hydrogens is 496 g/mol. The van der Waals surface area contributed by atoms with Crippen molar-refractivity contribution in [2.24, 2.45) is 10.2 Å². The van der Waals surface area contributed by atoms with Crippen LogP contribution in [0.1, 0.15) is 172 Å². The average molecular weight is 559 g/mol. The van der Waals surface area contributed by atoms with Crippen molar-refractivity contribution in [3.63, 3.8) is 0 Å². The van der Waals surface area contributed by atoms with Gasteiger partial charge in [-0.15, -0.1) is 0 Å². The summed E-state index contributed by atoms with van der Waals surface area (Å²) in [6.07, 6.45) is 30.4. The maximum absolute atomic E-state index is 4.47. The summed E-state index contributed by atoms with van der Waals surface area (Å²) < 4.78 is 0. The van der Waals surface area contributed by atoms with Crippen LogP contribution in [0.2, 0.25) is 0 Å². The number of rotatable bonds is 23. The fourth-order valence-electron chi connectivity index (χ4n) is 7.27. The van der Waals surface area contributed by atoms with E-state index in [9.17, 15) is 0 Å². The van der Waals surface area contributed by atoms with Gasteiger partial charge in [0, 0.05) is 12.5 Å². The molecule has 0 spiro atoms. The van der Waals surface area contributed by atoms with E-state index >= 15 is 0 Å². The van der Waals surface area contributed by atoms with Crippen molar-refractivity contribution in [2.45, 2.75) is 167 Å². The van der Waals surface area contributed by atoms with E-state index in [1.807, 2.05) is 0 Å². The molecule has 2 aromatic carbocycles. The monoisotopic (exact) mass is 558 g/mol. The Morgan fingerprint density at radius 2 is 0.927 bits per heavy atom. The van der Waals surface area contributed by atoms with Crippen LogP contribution in [0.25, 0.3) is 11.1 Å². The Morgan fingerprint density at radius 1 is 0.512 bits per heavy atom. The molecule has 0 saturated carbocycles. The number of benzene rings is 2. The first-order valence-electron chi connectivity index (χ1n) is 17.7. The molecule has 0 unspecified atom stereocenters. The minimum Gasteiger partial charge on any atom is -0.192 e. The molecule has 1 aliphatic carbocycles. The Bertz CT molecular complexity index is 996. The van der Waals surface area contributed by atoms with E-state index in [0.717, 1.165) is 5.69 Å². The van der Waals surface area contributed by atoms with Gasteiger partial charge in [-0.25, -0.2) is 0 Å². The van der Waals surface area contributed by atoms with Gasteiger partial charge in [0.2, 0.25) is 0 Å². The van der Waals surface area contributed by atoms with E-state index in [1.165, 1.54) is 164 Å². The molecule has 41 heavy (non-hydrogen) atoms. The first-order valence-corrected chi connectivity index (χ1v) is 17.7. The van der Waals surface area contributed by atoms with Crippen LogP contribution >= 0.6 is 0 Å². The van der Waals surface area contributed by atoms with Crippen molar-refractivity contribution in [1.29, 1.82) is 0 Å². The van der Waals surface area contributed by atoms with Gasteiger partial charge in [-0.05, 0) is 54.2 Å². The number of hydrogen-bond acceptors (Lipinski definition) is 2. The summed E-state index contributed by atoms with van der Waals surface area (Å²) in [5.74, 6) is 0. The van der Waals surface area contributed by atoms with Gasteiger partial charge in [0.15, 0.2) is 0 Å². The number of hydrogen-bond donors (Lipinski definition) is 0. The van der Waals surface area contributed by atoms with Crippen molar-refractivity contribution in [1.82, 2.24) is 0 Å². The smallest absolute Gasteiger partial charge is 0.0855 e. The highest BCUT2D eigenvalue weighted by Crippen LogP contribution is 2.55. The van der Waals surface area contributed by atoms with Gasteiger partial charge in [0.25, 0.3) is 0 Å². The van der Waals surface area contributed by atoms with E-state index < -0.39 is 0 Å². The van der Waals surface area contributed by atoms with Gasteiger partial charge in [-0.1, -0.05) is 172 Å². The first kappa shape index (κ1) is 33.5. The molecule has 0 aliphatic heterocycles. The zero-order chi connectivity index (χ0) is 29.2. The molecule has 0 N–H and O–H groups in total. The molecule has 0 amide bonds. The molecular formula is C39H62N2. The van der Waals surface area contributed by atoms with E-state index in [-0.39, 0.29) is 5.41 Å². The van der Waals surface area contributed by atoms with Crippen LogP contribution in [0.5, 0.6) is 0 Å². The van der Waals surface area contributed by atoms with E-state index in [2.05, 4.69) is 67.4 Å². The van der Waals surface area contributed by atoms with Crippen LogP contribution in [0, 0.1) is 6.92 Å². The highest BCUT2D eigenvalue weighted by molar-refractivity contribution is 5.82. The molecule has 0 saturated heterocycles. The molecule has 0 bridgehead atoms. The van der Waals surface area contributed by atoms with Gasteiger partial charge >= 0.3 is 0 Å². The number of fused-ring (bicyclic) bond motifs is 3. The number of aryl methyl sites for hydroxylation is 1. The lowest BCUT2D eigenvalue weighted by Gasteiger charge is -2.33. The Labute approximate surface area is 254 Å². The summed E-state index contributed by atoms with van der Waals surface area (Å²) in [5, 5.41) is 8.59. The van der Waals surface area contributed by atoms with Gasteiger partial charge in [-0.2, -0.15) is 10.2 Å². The van der Waals surface area contributed by atoms with E-state index in [1.54, 1.807) is 12.6 Å². The van der Waals surface area contributed by atoms with Crippen LogP contribution in [-0.2, 0) is 5.41 Å². The molecule has 0 heterocycles. The van der Waals surface area contributed by atoms with Gasteiger partial charge in [0.1, 0.15) is 0 Å². The lowest BCUT2D eigenvalue weighted by molar-refractivity contribution is 0.396.